The number of sulfone groups is 1. The number of aromatic hydroxyl groups is 1. The zero-order valence-corrected chi connectivity index (χ0v) is 49.5. The molecule has 3 saturated heterocycles. The Balaban J connectivity index is 1.03. The lowest BCUT2D eigenvalue weighted by molar-refractivity contribution is -0.155. The van der Waals surface area contributed by atoms with Crippen LogP contribution in [0, 0.1) is 11.3 Å². The highest BCUT2D eigenvalue weighted by atomic mass is 32.2. The van der Waals surface area contributed by atoms with Crippen LogP contribution < -0.4 is 16.5 Å². The lowest BCUT2D eigenvalue weighted by Gasteiger charge is -2.37. The van der Waals surface area contributed by atoms with Crippen molar-refractivity contribution in [1.29, 1.82) is 0 Å². The van der Waals surface area contributed by atoms with E-state index in [-0.39, 0.29) is 54.6 Å². The SMILES string of the molecule is CCn1c(-c2cc(-c3nc(CN4CCS(=O)(=O)CC4)co3)cnc2C(C)OC)c2c3cc(ccc31)-c1cc(O)cc(c1)CC(NC(=O)C(C(C)C)N(C)C(=O)C1OCCC1c1ccc(N)cc1)C(=O)N1CCCC(N1)C(=O)OCC(C)(C)C2. The summed E-state index contributed by atoms with van der Waals surface area (Å²) in [6.07, 6.45) is 3.91. The summed E-state index contributed by atoms with van der Waals surface area (Å²) >= 11 is 0. The number of carbonyl (C=O) groups is 4. The highest BCUT2D eigenvalue weighted by Gasteiger charge is 2.43. The van der Waals surface area contributed by atoms with E-state index in [9.17, 15) is 32.7 Å². The molecule has 5 N–H and O–H groups in total. The van der Waals surface area contributed by atoms with Gasteiger partial charge >= 0.3 is 5.97 Å². The van der Waals surface area contributed by atoms with Crippen molar-refractivity contribution in [3.05, 3.63) is 107 Å². The number of nitrogen functional groups attached to an aromatic ring is 1. The normalized spacial score (nSPS) is 22.0. The van der Waals surface area contributed by atoms with Crippen molar-refractivity contribution in [2.24, 2.45) is 11.3 Å². The second kappa shape index (κ2) is 24.2. The number of hydrogen-bond donors (Lipinski definition) is 4. The molecule has 3 amide bonds. The number of esters is 1. The molecule has 6 aromatic rings. The molecular weight excluding hydrogens is 1080 g/mol. The van der Waals surface area contributed by atoms with Crippen molar-refractivity contribution in [1.82, 2.24) is 40.1 Å². The highest BCUT2D eigenvalue weighted by Crippen LogP contribution is 2.44. The number of ether oxygens (including phenoxy) is 3. The van der Waals surface area contributed by atoms with Gasteiger partial charge in [0, 0.05) is 99.6 Å². The van der Waals surface area contributed by atoms with Crippen molar-refractivity contribution in [3.8, 4) is 39.6 Å². The van der Waals surface area contributed by atoms with Gasteiger partial charge in [-0.25, -0.2) is 18.8 Å². The minimum Gasteiger partial charge on any atom is -0.508 e. The number of nitrogens with one attached hydrogen (secondary N) is 2. The van der Waals surface area contributed by atoms with E-state index in [1.807, 2.05) is 65.0 Å². The number of likely N-dealkylation sites (N-methyl/N-ethyl adjacent to an activating group) is 1. The molecule has 83 heavy (non-hydrogen) atoms. The summed E-state index contributed by atoms with van der Waals surface area (Å²) in [4.78, 5) is 71.9. The molecule has 6 bridgehead atoms. The van der Waals surface area contributed by atoms with Gasteiger partial charge < -0.3 is 44.3 Å². The number of aromatic nitrogens is 3. The molecule has 3 aromatic carbocycles. The van der Waals surface area contributed by atoms with Gasteiger partial charge in [0.1, 0.15) is 36.2 Å². The predicted octanol–water partition coefficient (Wildman–Crippen LogP) is 6.97. The number of cyclic esters (lactones) is 1. The number of nitrogens with zero attached hydrogens (tertiary/aromatic N) is 6. The van der Waals surface area contributed by atoms with Crippen LogP contribution in [0.1, 0.15) is 101 Å². The fourth-order valence-electron chi connectivity index (χ4n) is 12.3. The van der Waals surface area contributed by atoms with E-state index in [2.05, 4.69) is 39.3 Å². The predicted molar refractivity (Wildman–Crippen MR) is 314 cm³/mol. The second-order valence-corrected chi connectivity index (χ2v) is 26.1. The quantitative estimate of drug-likeness (QED) is 0.0672. The van der Waals surface area contributed by atoms with E-state index in [1.165, 1.54) is 9.91 Å². The molecule has 6 atom stereocenters. The fourth-order valence-corrected chi connectivity index (χ4v) is 13.6. The average Bonchev–Trinajstić information content (AvgIpc) is 3.02. The van der Waals surface area contributed by atoms with Crippen LogP contribution in [0.5, 0.6) is 5.75 Å². The number of rotatable bonds is 13. The summed E-state index contributed by atoms with van der Waals surface area (Å²) in [6, 6.07) is 17.6. The lowest BCUT2D eigenvalue weighted by Crippen LogP contribution is -2.62. The molecule has 4 aliphatic rings. The third kappa shape index (κ3) is 12.7. The molecule has 0 radical (unpaired) electrons. The van der Waals surface area contributed by atoms with Crippen molar-refractivity contribution in [3.63, 3.8) is 0 Å². The van der Waals surface area contributed by atoms with Gasteiger partial charge in [-0.15, -0.1) is 0 Å². The Kier molecular flexibility index (Phi) is 17.2. The first-order chi connectivity index (χ1) is 39.6. The molecule has 0 saturated carbocycles. The van der Waals surface area contributed by atoms with Crippen LogP contribution in [-0.2, 0) is 69.2 Å². The molecule has 10 rings (SSSR count). The summed E-state index contributed by atoms with van der Waals surface area (Å²) < 4.78 is 50.9. The van der Waals surface area contributed by atoms with E-state index < -0.39 is 63.4 Å². The minimum atomic E-state index is -3.06. The number of carbonyl (C=O) groups excluding carboxylic acids is 4. The Hall–Kier alpha value is -7.17. The molecule has 6 unspecified atom stereocenters. The molecule has 3 aromatic heterocycles. The van der Waals surface area contributed by atoms with Crippen molar-refractivity contribution < 1.29 is 51.3 Å². The Morgan fingerprint density at radius 1 is 0.988 bits per heavy atom. The largest absolute Gasteiger partial charge is 0.508 e. The number of phenols is 1. The topological polar surface area (TPSA) is 254 Å². The first-order valence-electron chi connectivity index (χ1n) is 28.8. The Labute approximate surface area is 484 Å². The van der Waals surface area contributed by atoms with Crippen LogP contribution in [-0.4, -0.2) is 149 Å². The van der Waals surface area contributed by atoms with Crippen molar-refractivity contribution in [2.45, 2.75) is 123 Å². The van der Waals surface area contributed by atoms with Crippen LogP contribution in [0.2, 0.25) is 0 Å². The molecule has 20 nitrogen and oxygen atoms in total. The summed E-state index contributed by atoms with van der Waals surface area (Å²) in [5.74, 6) is -2.06. The number of methoxy groups -OCH3 is 1. The minimum absolute atomic E-state index is 0.0294. The number of aryl methyl sites for hydroxylation is 1. The van der Waals surface area contributed by atoms with E-state index in [0.29, 0.717) is 98.1 Å². The number of hydrazine groups is 1. The van der Waals surface area contributed by atoms with E-state index >= 15 is 0 Å². The van der Waals surface area contributed by atoms with Crippen LogP contribution in [0.3, 0.4) is 0 Å². The molecule has 0 spiro atoms. The van der Waals surface area contributed by atoms with Gasteiger partial charge in [-0.2, -0.15) is 0 Å². The number of fused-ring (bicyclic) bond motifs is 6. The second-order valence-electron chi connectivity index (χ2n) is 23.8. The number of phenolic OH excluding ortho intramolecular Hbond substituents is 1. The van der Waals surface area contributed by atoms with Gasteiger partial charge in [0.25, 0.3) is 11.8 Å². The Morgan fingerprint density at radius 3 is 2.47 bits per heavy atom. The van der Waals surface area contributed by atoms with Gasteiger partial charge in [-0.1, -0.05) is 52.0 Å². The van der Waals surface area contributed by atoms with Gasteiger partial charge in [-0.05, 0) is 116 Å². The maximum Gasteiger partial charge on any atom is 0.324 e. The smallest absolute Gasteiger partial charge is 0.324 e. The van der Waals surface area contributed by atoms with Crippen molar-refractivity contribution in [2.75, 3.05) is 64.2 Å². The van der Waals surface area contributed by atoms with E-state index in [1.54, 1.807) is 50.9 Å². The van der Waals surface area contributed by atoms with Gasteiger partial charge in [0.15, 0.2) is 9.84 Å². The van der Waals surface area contributed by atoms with E-state index in [4.69, 9.17) is 34.3 Å². The zero-order valence-electron chi connectivity index (χ0n) is 48.6. The molecule has 0 aliphatic carbocycles. The molecular formula is C62H77N9O11S. The van der Waals surface area contributed by atoms with Crippen LogP contribution >= 0.6 is 0 Å². The number of nitrogens with two attached hydrogens (primary N) is 1. The van der Waals surface area contributed by atoms with Crippen LogP contribution in [0.15, 0.2) is 83.6 Å². The fraction of sp³-hybridized carbons (Fsp3) is 0.484. The molecule has 442 valence electrons. The number of anilines is 1. The highest BCUT2D eigenvalue weighted by molar-refractivity contribution is 7.91. The van der Waals surface area contributed by atoms with Gasteiger partial charge in [-0.3, -0.25) is 34.1 Å². The first-order valence-corrected chi connectivity index (χ1v) is 30.6. The van der Waals surface area contributed by atoms with Gasteiger partial charge in [0.2, 0.25) is 11.8 Å². The maximum atomic E-state index is 15.0. The Bertz CT molecular complexity index is 3510. The maximum absolute atomic E-state index is 15.0. The molecule has 4 aliphatic heterocycles. The third-order valence-corrected chi connectivity index (χ3v) is 18.4. The third-order valence-electron chi connectivity index (χ3n) is 16.7. The van der Waals surface area contributed by atoms with Crippen molar-refractivity contribution >= 4 is 50.1 Å². The van der Waals surface area contributed by atoms with Crippen LogP contribution in [0.25, 0.3) is 44.7 Å². The first kappa shape index (κ1) is 59.0. The number of oxazole rings is 1. The monoisotopic (exact) mass is 1160 g/mol. The van der Waals surface area contributed by atoms with E-state index in [0.717, 1.165) is 38.9 Å². The van der Waals surface area contributed by atoms with Crippen LogP contribution in [0.4, 0.5) is 5.69 Å². The summed E-state index contributed by atoms with van der Waals surface area (Å²) in [7, 11) is 0.171. The average molecular weight is 1160 g/mol. The number of amides is 3. The zero-order chi connectivity index (χ0) is 59.1. The number of pyridine rings is 1. The summed E-state index contributed by atoms with van der Waals surface area (Å²) in [5, 5.41) is 16.9. The molecule has 7 heterocycles. The molecule has 21 heteroatoms. The standard InChI is InChI=1S/C62H77N9O11S/c1-9-70-52-17-14-40-29-47(52)49(55(70)48-30-42(32-64-53(48)37(4)79-8)58-65-44(34-81-58)33-69-20-23-83(77,78)24-21-69)31-62(5,6)35-82-61(76)50-11-10-19-71(67-50)59(74)51(27-38-25-41(40)28-45(72)26-38)66-57(73)54(36(2)3)68(7)60(75)56-46(18-22-80-56)39-12-15-43(63)16-13-39/h12-17,25-26,28-30,32,34,36-37,46,50-51,54,56,67,72H,9-11,18-24,27,31,33,35,63H2,1-8H3,(H,66,73). The lowest BCUT2D eigenvalue weighted by atomic mass is 9.84. The summed E-state index contributed by atoms with van der Waals surface area (Å²) in [6.45, 7) is 14.3. The number of benzene rings is 3. The number of hydrogen-bond acceptors (Lipinski definition) is 16. The Morgan fingerprint density at radius 2 is 1.75 bits per heavy atom. The molecule has 3 fully saturated rings. The summed E-state index contributed by atoms with van der Waals surface area (Å²) in [5.41, 5.74) is 17.5. The van der Waals surface area contributed by atoms with Gasteiger partial charge in [0.05, 0.1) is 46.9 Å².